The van der Waals surface area contributed by atoms with Crippen molar-refractivity contribution in [2.45, 2.75) is 26.9 Å². The van der Waals surface area contributed by atoms with E-state index in [4.69, 9.17) is 10.5 Å². The highest BCUT2D eigenvalue weighted by Gasteiger charge is 2.11. The third kappa shape index (κ3) is 3.74. The Kier molecular flexibility index (Phi) is 4.15. The monoisotopic (exact) mass is 295 g/mol. The third-order valence-corrected chi connectivity index (χ3v) is 2.47. The molecule has 2 aromatic rings. The number of nitrogen functional groups attached to an aromatic ring is 1. The number of aryl methyl sites for hydroxylation is 1. The molecule has 0 saturated carbocycles. The molecule has 0 fully saturated rings. The topological polar surface area (TPSA) is 86.0 Å². The first-order chi connectivity index (χ1) is 9.85. The van der Waals surface area contributed by atoms with E-state index in [-0.39, 0.29) is 35.3 Å². The highest BCUT2D eigenvalue weighted by Crippen LogP contribution is 2.22. The zero-order chi connectivity index (χ0) is 15.6. The van der Waals surface area contributed by atoms with Crippen LogP contribution in [-0.4, -0.2) is 21.1 Å². The van der Waals surface area contributed by atoms with E-state index in [0.717, 1.165) is 12.1 Å². The van der Waals surface area contributed by atoms with E-state index in [1.54, 1.807) is 13.8 Å². The Morgan fingerprint density at radius 2 is 1.86 bits per heavy atom. The van der Waals surface area contributed by atoms with Crippen molar-refractivity contribution in [3.8, 4) is 6.01 Å². The normalized spacial score (nSPS) is 10.8. The Balaban J connectivity index is 2.31. The molecule has 112 valence electrons. The molecule has 0 unspecified atom stereocenters. The molecule has 0 aliphatic carbocycles. The van der Waals surface area contributed by atoms with E-state index >= 15 is 0 Å². The number of aromatic nitrogens is 3. The van der Waals surface area contributed by atoms with E-state index in [1.165, 1.54) is 6.92 Å². The van der Waals surface area contributed by atoms with Crippen molar-refractivity contribution in [1.29, 1.82) is 0 Å². The van der Waals surface area contributed by atoms with Crippen molar-refractivity contribution in [3.05, 3.63) is 29.3 Å². The SMILES string of the molecule is Cc1cc(F)c(Nc2nc(N)nc(OC(C)C)n2)cc1F. The van der Waals surface area contributed by atoms with Crippen molar-refractivity contribution in [2.75, 3.05) is 11.1 Å². The summed E-state index contributed by atoms with van der Waals surface area (Å²) in [5, 5.41) is 2.56. The quantitative estimate of drug-likeness (QED) is 0.901. The Bertz CT molecular complexity index is 663. The van der Waals surface area contributed by atoms with Gasteiger partial charge >= 0.3 is 6.01 Å². The fourth-order valence-corrected chi connectivity index (χ4v) is 1.55. The lowest BCUT2D eigenvalue weighted by Gasteiger charge is -2.11. The van der Waals surface area contributed by atoms with Crippen LogP contribution in [0.25, 0.3) is 0 Å². The van der Waals surface area contributed by atoms with E-state index < -0.39 is 11.6 Å². The Labute approximate surface area is 120 Å². The molecule has 0 amide bonds. The van der Waals surface area contributed by atoms with Crippen LogP contribution in [0, 0.1) is 18.6 Å². The van der Waals surface area contributed by atoms with Gasteiger partial charge in [0.1, 0.15) is 11.6 Å². The highest BCUT2D eigenvalue weighted by molar-refractivity contribution is 5.55. The fourth-order valence-electron chi connectivity index (χ4n) is 1.55. The van der Waals surface area contributed by atoms with Crippen molar-refractivity contribution in [1.82, 2.24) is 15.0 Å². The summed E-state index contributed by atoms with van der Waals surface area (Å²) in [4.78, 5) is 11.5. The van der Waals surface area contributed by atoms with Crippen LogP contribution >= 0.6 is 0 Å². The molecule has 0 atom stereocenters. The van der Waals surface area contributed by atoms with Crippen LogP contribution in [0.3, 0.4) is 0 Å². The van der Waals surface area contributed by atoms with Gasteiger partial charge in [-0.1, -0.05) is 0 Å². The van der Waals surface area contributed by atoms with E-state index in [0.29, 0.717) is 0 Å². The first-order valence-corrected chi connectivity index (χ1v) is 6.26. The molecule has 21 heavy (non-hydrogen) atoms. The molecule has 8 heteroatoms. The zero-order valence-electron chi connectivity index (χ0n) is 11.8. The third-order valence-electron chi connectivity index (χ3n) is 2.47. The minimum absolute atomic E-state index is 0.00740. The lowest BCUT2D eigenvalue weighted by atomic mass is 10.2. The molecule has 1 aromatic heterocycles. The molecular weight excluding hydrogens is 280 g/mol. The minimum Gasteiger partial charge on any atom is -0.461 e. The molecule has 3 N–H and O–H groups in total. The molecule has 0 bridgehead atoms. The summed E-state index contributed by atoms with van der Waals surface area (Å²) >= 11 is 0. The molecule has 2 rings (SSSR count). The fraction of sp³-hybridized carbons (Fsp3) is 0.308. The number of nitrogens with one attached hydrogen (secondary N) is 1. The number of benzene rings is 1. The van der Waals surface area contributed by atoms with Crippen LogP contribution in [0.5, 0.6) is 6.01 Å². The average molecular weight is 295 g/mol. The van der Waals surface area contributed by atoms with Gasteiger partial charge in [-0.15, -0.1) is 0 Å². The lowest BCUT2D eigenvalue weighted by Crippen LogP contribution is -2.12. The predicted octanol–water partition coefficient (Wildman–Crippen LogP) is 2.57. The maximum atomic E-state index is 13.8. The zero-order valence-corrected chi connectivity index (χ0v) is 11.8. The molecule has 0 aliphatic heterocycles. The number of ether oxygens (including phenoxy) is 1. The summed E-state index contributed by atoms with van der Waals surface area (Å²) in [6.45, 7) is 5.06. The van der Waals surface area contributed by atoms with Crippen molar-refractivity contribution >= 4 is 17.6 Å². The van der Waals surface area contributed by atoms with Crippen molar-refractivity contribution in [2.24, 2.45) is 0 Å². The van der Waals surface area contributed by atoms with E-state index in [9.17, 15) is 8.78 Å². The summed E-state index contributed by atoms with van der Waals surface area (Å²) in [5.74, 6) is -1.28. The second kappa shape index (κ2) is 5.86. The van der Waals surface area contributed by atoms with E-state index in [1.807, 2.05) is 0 Å². The van der Waals surface area contributed by atoms with E-state index in [2.05, 4.69) is 20.3 Å². The molecule has 0 spiro atoms. The molecule has 1 aromatic carbocycles. The lowest BCUT2D eigenvalue weighted by molar-refractivity contribution is 0.222. The van der Waals surface area contributed by atoms with Gasteiger partial charge in [0.2, 0.25) is 11.9 Å². The van der Waals surface area contributed by atoms with Gasteiger partial charge in [0.25, 0.3) is 0 Å². The number of nitrogens with two attached hydrogens (primary N) is 1. The van der Waals surface area contributed by atoms with Crippen LogP contribution in [0.2, 0.25) is 0 Å². The number of halogens is 2. The van der Waals surface area contributed by atoms with Gasteiger partial charge in [0.05, 0.1) is 11.8 Å². The number of nitrogens with zero attached hydrogens (tertiary/aromatic N) is 3. The summed E-state index contributed by atoms with van der Waals surface area (Å²) < 4.78 is 32.5. The predicted molar refractivity (Wildman–Crippen MR) is 74.4 cm³/mol. The smallest absolute Gasteiger partial charge is 0.323 e. The van der Waals surface area contributed by atoms with Crippen molar-refractivity contribution in [3.63, 3.8) is 0 Å². The summed E-state index contributed by atoms with van der Waals surface area (Å²) in [6.07, 6.45) is -0.159. The Hall–Kier alpha value is -2.51. The molecule has 0 radical (unpaired) electrons. The second-order valence-corrected chi connectivity index (χ2v) is 4.67. The van der Waals surface area contributed by atoms with Gasteiger partial charge in [-0.2, -0.15) is 15.0 Å². The van der Waals surface area contributed by atoms with Gasteiger partial charge in [-0.3, -0.25) is 0 Å². The van der Waals surface area contributed by atoms with Crippen LogP contribution < -0.4 is 15.8 Å². The first-order valence-electron chi connectivity index (χ1n) is 6.26. The van der Waals surface area contributed by atoms with Crippen LogP contribution in [0.4, 0.5) is 26.4 Å². The van der Waals surface area contributed by atoms with Gasteiger partial charge in [0, 0.05) is 6.07 Å². The maximum Gasteiger partial charge on any atom is 0.323 e. The van der Waals surface area contributed by atoms with Gasteiger partial charge in [-0.25, -0.2) is 8.78 Å². The largest absolute Gasteiger partial charge is 0.461 e. The van der Waals surface area contributed by atoms with Crippen molar-refractivity contribution < 1.29 is 13.5 Å². The first kappa shape index (κ1) is 14.9. The molecule has 0 aliphatic rings. The van der Waals surface area contributed by atoms with Gasteiger partial charge in [0.15, 0.2) is 0 Å². The maximum absolute atomic E-state index is 13.8. The standard InChI is InChI=1S/C13H15F2N5O/c1-6(2)21-13-19-11(16)18-12(20-13)17-10-5-8(14)7(3)4-9(10)15/h4-6H,1-3H3,(H3,16,17,18,19,20). The Morgan fingerprint density at radius 1 is 1.14 bits per heavy atom. The van der Waals surface area contributed by atoms with Gasteiger partial charge < -0.3 is 15.8 Å². The average Bonchev–Trinajstić information content (AvgIpc) is 2.34. The molecule has 1 heterocycles. The second-order valence-electron chi connectivity index (χ2n) is 4.67. The number of hydrogen-bond acceptors (Lipinski definition) is 6. The molecule has 0 saturated heterocycles. The Morgan fingerprint density at radius 3 is 2.52 bits per heavy atom. The number of hydrogen-bond donors (Lipinski definition) is 2. The molecular formula is C13H15F2N5O. The number of rotatable bonds is 4. The highest BCUT2D eigenvalue weighted by atomic mass is 19.1. The van der Waals surface area contributed by atoms with Crippen LogP contribution in [0.15, 0.2) is 12.1 Å². The summed E-state index contributed by atoms with van der Waals surface area (Å²) in [6, 6.07) is 2.11. The molecule has 6 nitrogen and oxygen atoms in total. The van der Waals surface area contributed by atoms with Gasteiger partial charge in [-0.05, 0) is 32.4 Å². The summed E-state index contributed by atoms with van der Waals surface area (Å²) in [5.41, 5.74) is 5.64. The minimum atomic E-state index is -0.626. The summed E-state index contributed by atoms with van der Waals surface area (Å²) in [7, 11) is 0. The number of anilines is 3. The van der Waals surface area contributed by atoms with Crippen LogP contribution in [0.1, 0.15) is 19.4 Å². The van der Waals surface area contributed by atoms with Crippen LogP contribution in [-0.2, 0) is 0 Å².